The minimum Gasteiger partial charge on any atom is -0.466 e. The third-order valence-corrected chi connectivity index (χ3v) is 5.70. The van der Waals surface area contributed by atoms with E-state index in [1.54, 1.807) is 22.8 Å². The number of halogens is 1. The Hall–Kier alpha value is -2.08. The maximum Gasteiger partial charge on any atom is 0.310 e. The molecular weight excluding hydrogens is 368 g/mol. The molecule has 2 amide bonds. The number of anilines is 1. The number of hydrogen-bond donors (Lipinski definition) is 0. The zero-order valence-corrected chi connectivity index (χ0v) is 16.5. The fourth-order valence-electron chi connectivity index (χ4n) is 3.76. The minimum absolute atomic E-state index is 0.0574. The first-order chi connectivity index (χ1) is 12.9. The van der Waals surface area contributed by atoms with Gasteiger partial charge in [-0.05, 0) is 44.4 Å². The number of benzene rings is 1. The van der Waals surface area contributed by atoms with Crippen LogP contribution in [0.5, 0.6) is 0 Å². The number of hydrogen-bond acceptors (Lipinski definition) is 4. The standard InChI is InChI=1S/C20H25ClN2O4/c1-3-27-20(26)14-5-4-8-22(11-14)19(25)15-9-18(24)23(12-15)16-7-6-13(2)17(21)10-16/h6-7,10,14-15H,3-5,8-9,11-12H2,1-2H3. The van der Waals surface area contributed by atoms with Crippen molar-refractivity contribution in [2.45, 2.75) is 33.1 Å². The predicted octanol–water partition coefficient (Wildman–Crippen LogP) is 2.80. The quantitative estimate of drug-likeness (QED) is 0.739. The number of aryl methyl sites for hydroxylation is 1. The van der Waals surface area contributed by atoms with Gasteiger partial charge in [-0.2, -0.15) is 0 Å². The van der Waals surface area contributed by atoms with Crippen molar-refractivity contribution in [2.75, 3.05) is 31.1 Å². The molecule has 0 aliphatic carbocycles. The van der Waals surface area contributed by atoms with Gasteiger partial charge >= 0.3 is 5.97 Å². The van der Waals surface area contributed by atoms with Gasteiger partial charge in [0.15, 0.2) is 0 Å². The Balaban J connectivity index is 1.66. The number of carbonyl (C=O) groups is 3. The van der Waals surface area contributed by atoms with E-state index in [9.17, 15) is 14.4 Å². The summed E-state index contributed by atoms with van der Waals surface area (Å²) in [4.78, 5) is 40.7. The summed E-state index contributed by atoms with van der Waals surface area (Å²) in [7, 11) is 0. The molecule has 2 atom stereocenters. The number of ether oxygens (including phenoxy) is 1. The molecule has 0 spiro atoms. The van der Waals surface area contributed by atoms with E-state index in [-0.39, 0.29) is 30.1 Å². The van der Waals surface area contributed by atoms with Crippen LogP contribution in [0, 0.1) is 18.8 Å². The van der Waals surface area contributed by atoms with E-state index in [0.29, 0.717) is 37.0 Å². The molecule has 27 heavy (non-hydrogen) atoms. The van der Waals surface area contributed by atoms with Crippen molar-refractivity contribution in [2.24, 2.45) is 11.8 Å². The van der Waals surface area contributed by atoms with E-state index in [2.05, 4.69) is 0 Å². The molecule has 0 radical (unpaired) electrons. The summed E-state index contributed by atoms with van der Waals surface area (Å²) < 4.78 is 5.10. The minimum atomic E-state index is -0.390. The smallest absolute Gasteiger partial charge is 0.310 e. The second-order valence-electron chi connectivity index (χ2n) is 7.21. The molecule has 2 unspecified atom stereocenters. The van der Waals surface area contributed by atoms with Crippen LogP contribution in [0.3, 0.4) is 0 Å². The summed E-state index contributed by atoms with van der Waals surface area (Å²) in [5.74, 6) is -1.04. The monoisotopic (exact) mass is 392 g/mol. The van der Waals surface area contributed by atoms with Crippen LogP contribution >= 0.6 is 11.6 Å². The van der Waals surface area contributed by atoms with Crippen molar-refractivity contribution in [1.29, 1.82) is 0 Å². The van der Waals surface area contributed by atoms with Crippen LogP contribution in [0.15, 0.2) is 18.2 Å². The number of carbonyl (C=O) groups excluding carboxylic acids is 3. The SMILES string of the molecule is CCOC(=O)C1CCCN(C(=O)C2CC(=O)N(c3ccc(C)c(Cl)c3)C2)C1. The molecule has 7 heteroatoms. The van der Waals surface area contributed by atoms with Crippen molar-refractivity contribution in [1.82, 2.24) is 4.90 Å². The summed E-state index contributed by atoms with van der Waals surface area (Å²) in [5, 5.41) is 0.600. The molecule has 146 valence electrons. The van der Waals surface area contributed by atoms with Crippen LogP contribution in [0.1, 0.15) is 31.7 Å². The Labute approximate surface area is 164 Å². The summed E-state index contributed by atoms with van der Waals surface area (Å²) in [6.45, 7) is 5.36. The molecule has 6 nitrogen and oxygen atoms in total. The Morgan fingerprint density at radius 3 is 2.74 bits per heavy atom. The zero-order chi connectivity index (χ0) is 19.6. The maximum atomic E-state index is 12.9. The number of piperidine rings is 1. The van der Waals surface area contributed by atoms with E-state index in [4.69, 9.17) is 16.3 Å². The van der Waals surface area contributed by atoms with Gasteiger partial charge in [0.05, 0.1) is 18.4 Å². The summed E-state index contributed by atoms with van der Waals surface area (Å²) in [6.07, 6.45) is 1.69. The van der Waals surface area contributed by atoms with Crippen LogP contribution in [0.25, 0.3) is 0 Å². The second-order valence-corrected chi connectivity index (χ2v) is 7.62. The Morgan fingerprint density at radius 2 is 2.04 bits per heavy atom. The lowest BCUT2D eigenvalue weighted by Gasteiger charge is -2.33. The fourth-order valence-corrected chi connectivity index (χ4v) is 3.93. The number of esters is 1. The predicted molar refractivity (Wildman–Crippen MR) is 103 cm³/mol. The molecular formula is C20H25ClN2O4. The van der Waals surface area contributed by atoms with E-state index in [1.165, 1.54) is 0 Å². The van der Waals surface area contributed by atoms with E-state index in [0.717, 1.165) is 18.4 Å². The molecule has 2 heterocycles. The normalized spacial score (nSPS) is 22.9. The average Bonchev–Trinajstić information content (AvgIpc) is 3.05. The van der Waals surface area contributed by atoms with Gasteiger partial charge in [-0.3, -0.25) is 14.4 Å². The number of amides is 2. The van der Waals surface area contributed by atoms with Gasteiger partial charge in [0.1, 0.15) is 0 Å². The van der Waals surface area contributed by atoms with Crippen LogP contribution in [0.4, 0.5) is 5.69 Å². The molecule has 2 aliphatic rings. The van der Waals surface area contributed by atoms with Gasteiger partial charge in [0.25, 0.3) is 0 Å². The van der Waals surface area contributed by atoms with Gasteiger partial charge in [-0.25, -0.2) is 0 Å². The lowest BCUT2D eigenvalue weighted by atomic mass is 9.96. The van der Waals surface area contributed by atoms with Crippen LogP contribution in [0.2, 0.25) is 5.02 Å². The lowest BCUT2D eigenvalue weighted by Crippen LogP contribution is -2.45. The number of likely N-dealkylation sites (tertiary alicyclic amines) is 1. The third kappa shape index (κ3) is 4.26. The second kappa shape index (κ2) is 8.30. The molecule has 2 fully saturated rings. The highest BCUT2D eigenvalue weighted by Crippen LogP contribution is 2.30. The summed E-state index contributed by atoms with van der Waals surface area (Å²) in [5.41, 5.74) is 1.66. The Bertz CT molecular complexity index is 751. The highest BCUT2D eigenvalue weighted by atomic mass is 35.5. The van der Waals surface area contributed by atoms with Crippen molar-refractivity contribution < 1.29 is 19.1 Å². The first kappa shape index (κ1) is 19.7. The maximum absolute atomic E-state index is 12.9. The Morgan fingerprint density at radius 1 is 1.26 bits per heavy atom. The third-order valence-electron chi connectivity index (χ3n) is 5.29. The van der Waals surface area contributed by atoms with Crippen LogP contribution < -0.4 is 4.90 Å². The van der Waals surface area contributed by atoms with Gasteiger partial charge in [-0.1, -0.05) is 17.7 Å². The molecule has 3 rings (SSSR count). The average molecular weight is 393 g/mol. The van der Waals surface area contributed by atoms with Crippen molar-refractivity contribution in [3.05, 3.63) is 28.8 Å². The molecule has 1 aromatic carbocycles. The fraction of sp³-hybridized carbons (Fsp3) is 0.550. The molecule has 0 aromatic heterocycles. The topological polar surface area (TPSA) is 66.9 Å². The highest BCUT2D eigenvalue weighted by molar-refractivity contribution is 6.31. The van der Waals surface area contributed by atoms with Crippen molar-refractivity contribution >= 4 is 35.1 Å². The summed E-state index contributed by atoms with van der Waals surface area (Å²) >= 11 is 6.18. The molecule has 0 saturated carbocycles. The van der Waals surface area contributed by atoms with Gasteiger partial charge in [-0.15, -0.1) is 0 Å². The first-order valence-corrected chi connectivity index (χ1v) is 9.80. The van der Waals surface area contributed by atoms with Crippen molar-refractivity contribution in [3.8, 4) is 0 Å². The van der Waals surface area contributed by atoms with Gasteiger partial charge in [0, 0.05) is 36.8 Å². The number of nitrogens with zero attached hydrogens (tertiary/aromatic N) is 2. The largest absolute Gasteiger partial charge is 0.466 e. The van der Waals surface area contributed by atoms with E-state index >= 15 is 0 Å². The number of rotatable bonds is 4. The van der Waals surface area contributed by atoms with Crippen LogP contribution in [-0.2, 0) is 19.1 Å². The van der Waals surface area contributed by atoms with Crippen LogP contribution in [-0.4, -0.2) is 48.9 Å². The highest BCUT2D eigenvalue weighted by Gasteiger charge is 2.39. The summed E-state index contributed by atoms with van der Waals surface area (Å²) in [6, 6.07) is 5.48. The van der Waals surface area contributed by atoms with E-state index in [1.807, 2.05) is 19.1 Å². The van der Waals surface area contributed by atoms with Crippen molar-refractivity contribution in [3.63, 3.8) is 0 Å². The lowest BCUT2D eigenvalue weighted by molar-refractivity contribution is -0.152. The molecule has 0 N–H and O–H groups in total. The zero-order valence-electron chi connectivity index (χ0n) is 15.7. The first-order valence-electron chi connectivity index (χ1n) is 9.42. The molecule has 2 saturated heterocycles. The van der Waals surface area contributed by atoms with Gasteiger partial charge in [0.2, 0.25) is 11.8 Å². The molecule has 0 bridgehead atoms. The van der Waals surface area contributed by atoms with Gasteiger partial charge < -0.3 is 14.5 Å². The molecule has 2 aliphatic heterocycles. The van der Waals surface area contributed by atoms with E-state index < -0.39 is 5.92 Å². The Kier molecular flexibility index (Phi) is 6.05. The molecule has 1 aromatic rings.